The summed E-state index contributed by atoms with van der Waals surface area (Å²) >= 11 is 0. The summed E-state index contributed by atoms with van der Waals surface area (Å²) in [5.74, 6) is 1.18. The van der Waals surface area contributed by atoms with Gasteiger partial charge in [0, 0.05) is 11.1 Å². The van der Waals surface area contributed by atoms with Crippen molar-refractivity contribution in [2.45, 2.75) is 47.5 Å². The highest BCUT2D eigenvalue weighted by Crippen LogP contribution is 2.23. The van der Waals surface area contributed by atoms with Crippen LogP contribution >= 0.6 is 0 Å². The molecule has 0 aliphatic rings. The van der Waals surface area contributed by atoms with Crippen LogP contribution < -0.4 is 0 Å². The molecular formula is C18H31N. The van der Waals surface area contributed by atoms with Gasteiger partial charge in [0.2, 0.25) is 0 Å². The number of hydrogen-bond donors (Lipinski definition) is 0. The fourth-order valence-electron chi connectivity index (χ4n) is 1.60. The Bertz CT molecular complexity index is 338. The highest BCUT2D eigenvalue weighted by atomic mass is 14.7. The molecule has 1 heteroatoms. The van der Waals surface area contributed by atoms with Crippen LogP contribution in [0.4, 0.5) is 0 Å². The van der Waals surface area contributed by atoms with Gasteiger partial charge < -0.3 is 0 Å². The molecule has 0 aliphatic carbocycles. The molecule has 3 atom stereocenters. The molecule has 0 fully saturated rings. The Morgan fingerprint density at radius 2 is 1.95 bits per heavy atom. The largest absolute Gasteiger partial charge is 0.293 e. The SMILES string of the molecule is C=CC(C)[C@@H](C)C/C=C\C(C)(C=C)C/N=C(/C)CC. The highest BCUT2D eigenvalue weighted by molar-refractivity contribution is 5.81. The number of allylic oxidation sites excluding steroid dienone is 2. The van der Waals surface area contributed by atoms with E-state index in [9.17, 15) is 0 Å². The molecule has 0 aromatic carbocycles. The van der Waals surface area contributed by atoms with E-state index >= 15 is 0 Å². The Labute approximate surface area is 120 Å². The van der Waals surface area contributed by atoms with E-state index in [1.165, 1.54) is 5.71 Å². The van der Waals surface area contributed by atoms with Crippen molar-refractivity contribution in [2.24, 2.45) is 22.2 Å². The molecule has 0 radical (unpaired) electrons. The van der Waals surface area contributed by atoms with E-state index in [2.05, 4.69) is 64.9 Å². The van der Waals surface area contributed by atoms with E-state index < -0.39 is 0 Å². The van der Waals surface area contributed by atoms with Crippen molar-refractivity contribution in [2.75, 3.05) is 6.54 Å². The minimum atomic E-state index is -0.0342. The van der Waals surface area contributed by atoms with E-state index in [4.69, 9.17) is 0 Å². The van der Waals surface area contributed by atoms with Crippen molar-refractivity contribution >= 4 is 5.71 Å². The van der Waals surface area contributed by atoms with Crippen LogP contribution in [0.5, 0.6) is 0 Å². The van der Waals surface area contributed by atoms with Gasteiger partial charge in [0.15, 0.2) is 0 Å². The molecule has 0 saturated heterocycles. The van der Waals surface area contributed by atoms with Crippen molar-refractivity contribution in [1.82, 2.24) is 0 Å². The summed E-state index contributed by atoms with van der Waals surface area (Å²) in [6.07, 6.45) is 10.6. The fourth-order valence-corrected chi connectivity index (χ4v) is 1.60. The molecule has 0 aliphatic heterocycles. The van der Waals surface area contributed by atoms with Crippen LogP contribution in [-0.4, -0.2) is 12.3 Å². The van der Waals surface area contributed by atoms with E-state index in [-0.39, 0.29) is 5.41 Å². The summed E-state index contributed by atoms with van der Waals surface area (Å²) in [4.78, 5) is 4.61. The maximum absolute atomic E-state index is 4.61. The molecule has 0 N–H and O–H groups in total. The topological polar surface area (TPSA) is 12.4 Å². The second-order valence-electron chi connectivity index (χ2n) is 5.83. The number of rotatable bonds is 9. The van der Waals surface area contributed by atoms with Gasteiger partial charge in [-0.3, -0.25) is 4.99 Å². The lowest BCUT2D eigenvalue weighted by atomic mass is 9.87. The van der Waals surface area contributed by atoms with Gasteiger partial charge in [0.25, 0.3) is 0 Å². The molecular weight excluding hydrogens is 230 g/mol. The Balaban J connectivity index is 4.53. The monoisotopic (exact) mass is 261 g/mol. The lowest BCUT2D eigenvalue weighted by Gasteiger charge is -2.20. The summed E-state index contributed by atoms with van der Waals surface area (Å²) in [6, 6.07) is 0. The number of aliphatic imine (C=N–C) groups is 1. The quantitative estimate of drug-likeness (QED) is 0.386. The van der Waals surface area contributed by atoms with Crippen LogP contribution in [0.3, 0.4) is 0 Å². The van der Waals surface area contributed by atoms with Gasteiger partial charge >= 0.3 is 0 Å². The van der Waals surface area contributed by atoms with Crippen molar-refractivity contribution in [3.8, 4) is 0 Å². The minimum absolute atomic E-state index is 0.0342. The molecule has 0 aromatic heterocycles. The molecule has 0 spiro atoms. The zero-order valence-corrected chi connectivity index (χ0v) is 13.4. The summed E-state index contributed by atoms with van der Waals surface area (Å²) in [5, 5.41) is 0. The van der Waals surface area contributed by atoms with E-state index in [0.717, 1.165) is 19.4 Å². The number of hydrogen-bond acceptors (Lipinski definition) is 1. The molecule has 2 unspecified atom stereocenters. The Hall–Kier alpha value is -1.11. The van der Waals surface area contributed by atoms with E-state index in [1.807, 2.05) is 12.2 Å². The van der Waals surface area contributed by atoms with Gasteiger partial charge in [-0.15, -0.1) is 13.2 Å². The van der Waals surface area contributed by atoms with Gasteiger partial charge in [0.05, 0.1) is 6.54 Å². The molecule has 0 heterocycles. The van der Waals surface area contributed by atoms with Crippen LogP contribution in [0.1, 0.15) is 47.5 Å². The first-order valence-electron chi connectivity index (χ1n) is 7.32. The maximum Gasteiger partial charge on any atom is 0.0511 e. The molecule has 1 nitrogen and oxygen atoms in total. The normalized spacial score (nSPS) is 18.9. The predicted molar refractivity (Wildman–Crippen MR) is 88.9 cm³/mol. The Kier molecular flexibility index (Phi) is 8.38. The molecule has 0 aromatic rings. The van der Waals surface area contributed by atoms with Crippen molar-refractivity contribution in [1.29, 1.82) is 0 Å². The zero-order chi connectivity index (χ0) is 14.9. The van der Waals surface area contributed by atoms with Crippen molar-refractivity contribution < 1.29 is 0 Å². The van der Waals surface area contributed by atoms with Gasteiger partial charge in [0.1, 0.15) is 0 Å². The smallest absolute Gasteiger partial charge is 0.0511 e. The van der Waals surface area contributed by atoms with Crippen molar-refractivity contribution in [3.63, 3.8) is 0 Å². The first-order valence-corrected chi connectivity index (χ1v) is 7.32. The highest BCUT2D eigenvalue weighted by Gasteiger charge is 2.16. The number of nitrogens with zero attached hydrogens (tertiary/aromatic N) is 1. The van der Waals surface area contributed by atoms with Gasteiger partial charge in [-0.05, 0) is 31.6 Å². The first kappa shape index (κ1) is 17.9. The average molecular weight is 261 g/mol. The zero-order valence-electron chi connectivity index (χ0n) is 13.4. The second-order valence-corrected chi connectivity index (χ2v) is 5.83. The minimum Gasteiger partial charge on any atom is -0.293 e. The standard InChI is InChI=1S/C18H31N/c1-8-15(4)16(5)12-11-13-18(7,10-3)14-19-17(6)9-2/h8,10-11,13,15-16H,1,3,9,12,14H2,2,4-7H3/b13-11-,19-17-/t15?,16-,18?/m0/s1. The summed E-state index contributed by atoms with van der Waals surface area (Å²) in [5.41, 5.74) is 1.17. The summed E-state index contributed by atoms with van der Waals surface area (Å²) in [7, 11) is 0. The average Bonchev–Trinajstić information content (AvgIpc) is 2.43. The van der Waals surface area contributed by atoms with Crippen molar-refractivity contribution in [3.05, 3.63) is 37.5 Å². The summed E-state index contributed by atoms with van der Waals surface area (Å²) in [6.45, 7) is 19.5. The Morgan fingerprint density at radius 3 is 2.42 bits per heavy atom. The van der Waals surface area contributed by atoms with Crippen LogP contribution in [0, 0.1) is 17.3 Å². The predicted octanol–water partition coefficient (Wildman–Crippen LogP) is 5.45. The molecule has 0 bridgehead atoms. The molecule has 0 rings (SSSR count). The van der Waals surface area contributed by atoms with Gasteiger partial charge in [-0.2, -0.15) is 0 Å². The Morgan fingerprint density at radius 1 is 1.32 bits per heavy atom. The van der Waals surface area contributed by atoms with Gasteiger partial charge in [-0.25, -0.2) is 0 Å². The van der Waals surface area contributed by atoms with E-state index in [0.29, 0.717) is 11.8 Å². The van der Waals surface area contributed by atoms with Crippen LogP contribution in [-0.2, 0) is 0 Å². The maximum atomic E-state index is 4.61. The fraction of sp³-hybridized carbons (Fsp3) is 0.611. The third-order valence-electron chi connectivity index (χ3n) is 3.94. The van der Waals surface area contributed by atoms with Crippen LogP contribution in [0.15, 0.2) is 42.5 Å². The van der Waals surface area contributed by atoms with E-state index in [1.54, 1.807) is 0 Å². The molecule has 19 heavy (non-hydrogen) atoms. The summed E-state index contributed by atoms with van der Waals surface area (Å²) < 4.78 is 0. The molecule has 0 saturated carbocycles. The second kappa shape index (κ2) is 8.90. The van der Waals surface area contributed by atoms with Gasteiger partial charge in [-0.1, -0.05) is 52.0 Å². The lowest BCUT2D eigenvalue weighted by molar-refractivity contribution is 0.463. The lowest BCUT2D eigenvalue weighted by Crippen LogP contribution is -2.15. The molecule has 0 amide bonds. The molecule has 108 valence electrons. The van der Waals surface area contributed by atoms with Crippen LogP contribution in [0.2, 0.25) is 0 Å². The first-order chi connectivity index (χ1) is 8.88. The third kappa shape index (κ3) is 7.15. The van der Waals surface area contributed by atoms with Crippen LogP contribution in [0.25, 0.3) is 0 Å². The third-order valence-corrected chi connectivity index (χ3v) is 3.94.